The van der Waals surface area contributed by atoms with E-state index >= 15 is 0 Å². The number of hydrogen-bond donors (Lipinski definition) is 0. The van der Waals surface area contributed by atoms with Crippen molar-refractivity contribution in [2.24, 2.45) is 0 Å². The maximum absolute atomic E-state index is 12.6. The molecular weight excluding hydrogens is 336 g/mol. The minimum Gasteiger partial charge on any atom is -0.336 e. The van der Waals surface area contributed by atoms with Gasteiger partial charge in [-0.1, -0.05) is 0 Å². The van der Waals surface area contributed by atoms with Crippen molar-refractivity contribution in [2.45, 2.75) is 38.6 Å². The summed E-state index contributed by atoms with van der Waals surface area (Å²) in [7, 11) is 0. The molecule has 0 aliphatic carbocycles. The van der Waals surface area contributed by atoms with Crippen LogP contribution in [0.3, 0.4) is 0 Å². The van der Waals surface area contributed by atoms with Crippen molar-refractivity contribution in [1.29, 1.82) is 0 Å². The molecule has 0 N–H and O–H groups in total. The van der Waals surface area contributed by atoms with Crippen molar-refractivity contribution in [3.05, 3.63) is 20.3 Å². The lowest BCUT2D eigenvalue weighted by molar-refractivity contribution is 0.0612. The smallest absolute Gasteiger partial charge is 0.264 e. The fourth-order valence-electron chi connectivity index (χ4n) is 3.27. The van der Waals surface area contributed by atoms with Gasteiger partial charge in [0.1, 0.15) is 0 Å². The summed E-state index contributed by atoms with van der Waals surface area (Å²) in [6.07, 6.45) is 5.03. The van der Waals surface area contributed by atoms with Gasteiger partial charge in [0, 0.05) is 19.1 Å². The molecule has 0 saturated carbocycles. The normalized spacial score (nSPS) is 24.3. The van der Waals surface area contributed by atoms with Crippen LogP contribution >= 0.6 is 27.3 Å². The van der Waals surface area contributed by atoms with E-state index < -0.39 is 0 Å². The third-order valence-electron chi connectivity index (χ3n) is 4.41. The lowest BCUT2D eigenvalue weighted by Crippen LogP contribution is -2.48. The number of amides is 1. The highest BCUT2D eigenvalue weighted by Crippen LogP contribution is 2.29. The van der Waals surface area contributed by atoms with E-state index in [0.29, 0.717) is 6.04 Å². The molecule has 5 heteroatoms. The Morgan fingerprint density at radius 2 is 2.05 bits per heavy atom. The maximum Gasteiger partial charge on any atom is 0.264 e. The molecule has 1 aromatic heterocycles. The zero-order valence-corrected chi connectivity index (χ0v) is 14.3. The predicted molar refractivity (Wildman–Crippen MR) is 86.5 cm³/mol. The monoisotopic (exact) mass is 356 g/mol. The highest BCUT2D eigenvalue weighted by Gasteiger charge is 2.30. The second-order valence-electron chi connectivity index (χ2n) is 5.86. The summed E-state index contributed by atoms with van der Waals surface area (Å²) >= 11 is 5.08. The van der Waals surface area contributed by atoms with Crippen molar-refractivity contribution < 1.29 is 4.79 Å². The molecule has 0 spiro atoms. The Morgan fingerprint density at radius 1 is 1.30 bits per heavy atom. The number of carbonyl (C=O) groups excluding carboxylic acids is 1. The summed E-state index contributed by atoms with van der Waals surface area (Å²) in [4.78, 5) is 18.1. The van der Waals surface area contributed by atoms with Crippen molar-refractivity contribution in [3.8, 4) is 0 Å². The molecule has 1 atom stereocenters. The molecule has 1 aromatic rings. The second kappa shape index (κ2) is 6.16. The summed E-state index contributed by atoms with van der Waals surface area (Å²) in [5.41, 5.74) is 1.16. The topological polar surface area (TPSA) is 23.6 Å². The Labute approximate surface area is 133 Å². The average molecular weight is 357 g/mol. The van der Waals surface area contributed by atoms with Crippen LogP contribution in [-0.4, -0.2) is 47.9 Å². The largest absolute Gasteiger partial charge is 0.336 e. The number of rotatable bonds is 2. The van der Waals surface area contributed by atoms with E-state index in [1.165, 1.54) is 32.4 Å². The zero-order chi connectivity index (χ0) is 14.1. The second-order valence-corrected chi connectivity index (χ2v) is 8.23. The first-order chi connectivity index (χ1) is 9.65. The van der Waals surface area contributed by atoms with Crippen LogP contribution in [0.5, 0.6) is 0 Å². The molecule has 2 saturated heterocycles. The van der Waals surface area contributed by atoms with Crippen molar-refractivity contribution in [2.75, 3.05) is 26.2 Å². The van der Waals surface area contributed by atoms with Crippen molar-refractivity contribution in [3.63, 3.8) is 0 Å². The van der Waals surface area contributed by atoms with E-state index in [1.54, 1.807) is 11.3 Å². The number of hydrogen-bond acceptors (Lipinski definition) is 3. The van der Waals surface area contributed by atoms with Crippen LogP contribution < -0.4 is 0 Å². The summed E-state index contributed by atoms with van der Waals surface area (Å²) in [5, 5.41) is 0. The number of aryl methyl sites for hydroxylation is 1. The summed E-state index contributed by atoms with van der Waals surface area (Å²) < 4.78 is 1.08. The molecule has 1 amide bonds. The molecule has 2 aliphatic heterocycles. The molecule has 3 heterocycles. The molecule has 110 valence electrons. The molecule has 0 radical (unpaired) electrons. The van der Waals surface area contributed by atoms with Gasteiger partial charge < -0.3 is 4.90 Å². The average Bonchev–Trinajstić information content (AvgIpc) is 3.09. The van der Waals surface area contributed by atoms with Gasteiger partial charge in [-0.2, -0.15) is 0 Å². The van der Waals surface area contributed by atoms with Gasteiger partial charge in [-0.15, -0.1) is 11.3 Å². The molecule has 20 heavy (non-hydrogen) atoms. The predicted octanol–water partition coefficient (Wildman–Crippen LogP) is 3.52. The fraction of sp³-hybridized carbons (Fsp3) is 0.667. The molecule has 1 unspecified atom stereocenters. The first-order valence-electron chi connectivity index (χ1n) is 7.44. The number of halogens is 1. The van der Waals surface area contributed by atoms with Gasteiger partial charge in [0.05, 0.1) is 8.66 Å². The first-order valence-corrected chi connectivity index (χ1v) is 9.05. The Bertz CT molecular complexity index is 477. The zero-order valence-electron chi connectivity index (χ0n) is 11.9. The van der Waals surface area contributed by atoms with Gasteiger partial charge >= 0.3 is 0 Å². The van der Waals surface area contributed by atoms with Crippen LogP contribution in [0.15, 0.2) is 9.85 Å². The summed E-state index contributed by atoms with van der Waals surface area (Å²) in [6, 6.07) is 2.59. The van der Waals surface area contributed by atoms with Gasteiger partial charge in [-0.05, 0) is 73.3 Å². The van der Waals surface area contributed by atoms with Gasteiger partial charge in [-0.25, -0.2) is 0 Å². The summed E-state index contributed by atoms with van der Waals surface area (Å²) in [6.45, 7) is 6.30. The first kappa shape index (κ1) is 14.5. The third kappa shape index (κ3) is 2.95. The molecule has 3 nitrogen and oxygen atoms in total. The highest BCUT2D eigenvalue weighted by molar-refractivity contribution is 9.11. The number of thiophene rings is 1. The Hall–Kier alpha value is -0.390. The molecule has 0 bridgehead atoms. The van der Waals surface area contributed by atoms with Crippen LogP contribution in [-0.2, 0) is 0 Å². The van der Waals surface area contributed by atoms with Gasteiger partial charge in [-0.3, -0.25) is 9.69 Å². The van der Waals surface area contributed by atoms with E-state index in [-0.39, 0.29) is 5.91 Å². The van der Waals surface area contributed by atoms with Crippen LogP contribution in [0.1, 0.15) is 40.9 Å². The number of carbonyl (C=O) groups is 1. The van der Waals surface area contributed by atoms with Crippen LogP contribution in [0.4, 0.5) is 0 Å². The Morgan fingerprint density at radius 3 is 2.70 bits per heavy atom. The minimum atomic E-state index is 0.215. The molecule has 2 fully saturated rings. The Balaban J connectivity index is 1.68. The van der Waals surface area contributed by atoms with E-state index in [2.05, 4.69) is 25.7 Å². The standard InChI is InChI=1S/C15H21BrN2OS/c1-11-9-13(20-14(11)16)15(19)18-8-4-5-12(10-18)17-6-2-3-7-17/h9,12H,2-8,10H2,1H3. The summed E-state index contributed by atoms with van der Waals surface area (Å²) in [5.74, 6) is 0.215. The van der Waals surface area contributed by atoms with E-state index in [0.717, 1.165) is 33.7 Å². The van der Waals surface area contributed by atoms with Gasteiger partial charge in [0.2, 0.25) is 0 Å². The maximum atomic E-state index is 12.6. The molecule has 0 aromatic carbocycles. The van der Waals surface area contributed by atoms with Gasteiger partial charge in [0.15, 0.2) is 0 Å². The van der Waals surface area contributed by atoms with Crippen molar-refractivity contribution in [1.82, 2.24) is 9.80 Å². The molecular formula is C15H21BrN2OS. The molecule has 2 aliphatic rings. The van der Waals surface area contributed by atoms with Gasteiger partial charge in [0.25, 0.3) is 5.91 Å². The number of nitrogens with zero attached hydrogens (tertiary/aromatic N) is 2. The number of piperidine rings is 1. The van der Waals surface area contributed by atoms with Crippen LogP contribution in [0, 0.1) is 6.92 Å². The third-order valence-corrected chi connectivity index (χ3v) is 6.53. The SMILES string of the molecule is Cc1cc(C(=O)N2CCCC(N3CCCC3)C2)sc1Br. The van der Waals surface area contributed by atoms with Crippen LogP contribution in [0.2, 0.25) is 0 Å². The number of likely N-dealkylation sites (tertiary alicyclic amines) is 2. The minimum absolute atomic E-state index is 0.215. The Kier molecular flexibility index (Phi) is 4.48. The highest BCUT2D eigenvalue weighted by atomic mass is 79.9. The van der Waals surface area contributed by atoms with E-state index in [9.17, 15) is 4.79 Å². The molecule has 3 rings (SSSR count). The van der Waals surface area contributed by atoms with E-state index in [4.69, 9.17) is 0 Å². The lowest BCUT2D eigenvalue weighted by Gasteiger charge is -2.37. The van der Waals surface area contributed by atoms with Crippen molar-refractivity contribution >= 4 is 33.2 Å². The van der Waals surface area contributed by atoms with Crippen LogP contribution in [0.25, 0.3) is 0 Å². The van der Waals surface area contributed by atoms with E-state index in [1.807, 2.05) is 13.0 Å². The lowest BCUT2D eigenvalue weighted by atomic mass is 10.0. The quantitative estimate of drug-likeness (QED) is 0.809. The fourth-order valence-corrected chi connectivity index (χ4v) is 4.77.